The molecule has 1 aliphatic rings. The molecule has 1 aliphatic heterocycles. The zero-order valence-electron chi connectivity index (χ0n) is 11.4. The molecule has 1 heterocycles. The summed E-state index contributed by atoms with van der Waals surface area (Å²) in [5.74, 6) is 0.319. The van der Waals surface area contributed by atoms with E-state index in [1.165, 1.54) is 0 Å². The first-order chi connectivity index (χ1) is 10.1. The Hall–Kier alpha value is -1.01. The molecule has 0 saturated carbocycles. The van der Waals surface area contributed by atoms with Gasteiger partial charge < -0.3 is 20.5 Å². The number of hydrogen-bond acceptors (Lipinski definition) is 4. The van der Waals surface area contributed by atoms with E-state index < -0.39 is 6.10 Å². The van der Waals surface area contributed by atoms with Gasteiger partial charge in [-0.25, -0.2) is 0 Å². The molecular formula is C14H18Cl2N2O3. The third-order valence-corrected chi connectivity index (χ3v) is 4.04. The second-order valence-electron chi connectivity index (χ2n) is 4.91. The van der Waals surface area contributed by atoms with Gasteiger partial charge >= 0.3 is 0 Å². The second-order valence-corrected chi connectivity index (χ2v) is 5.70. The van der Waals surface area contributed by atoms with Gasteiger partial charge in [0.05, 0.1) is 11.1 Å². The number of carbonyl (C=O) groups excluding carboxylic acids is 1. The Kier molecular flexibility index (Phi) is 6.11. The van der Waals surface area contributed by atoms with Crippen LogP contribution in [0, 0.1) is 0 Å². The Balaban J connectivity index is 1.73. The number of ether oxygens (including phenoxy) is 1. The molecule has 1 amide bonds. The van der Waals surface area contributed by atoms with E-state index in [9.17, 15) is 9.90 Å². The van der Waals surface area contributed by atoms with Gasteiger partial charge in [-0.3, -0.25) is 4.79 Å². The largest absolute Gasteiger partial charge is 0.489 e. The molecule has 0 radical (unpaired) electrons. The molecule has 0 spiro atoms. The Bertz CT molecular complexity index is 493. The summed E-state index contributed by atoms with van der Waals surface area (Å²) < 4.78 is 5.40. The normalized spacial score (nSPS) is 19.3. The van der Waals surface area contributed by atoms with Crippen molar-refractivity contribution in [1.29, 1.82) is 0 Å². The number of amides is 1. The summed E-state index contributed by atoms with van der Waals surface area (Å²) in [5.41, 5.74) is 0. The molecule has 21 heavy (non-hydrogen) atoms. The van der Waals surface area contributed by atoms with E-state index in [0.29, 0.717) is 15.8 Å². The molecule has 0 unspecified atom stereocenters. The van der Waals surface area contributed by atoms with Crippen molar-refractivity contribution < 1.29 is 14.6 Å². The SMILES string of the molecule is O=C(NC[C@H](O)COc1cccc(Cl)c1Cl)[C@@H]1CCCN1. The van der Waals surface area contributed by atoms with E-state index in [4.69, 9.17) is 27.9 Å². The maximum atomic E-state index is 11.8. The summed E-state index contributed by atoms with van der Waals surface area (Å²) in [6.45, 7) is 1.02. The fourth-order valence-corrected chi connectivity index (χ4v) is 2.44. The number of halogens is 2. The van der Waals surface area contributed by atoms with Crippen LogP contribution in [0.5, 0.6) is 5.75 Å². The maximum Gasteiger partial charge on any atom is 0.237 e. The Morgan fingerprint density at radius 3 is 3.05 bits per heavy atom. The van der Waals surface area contributed by atoms with Crippen molar-refractivity contribution in [2.45, 2.75) is 25.0 Å². The minimum absolute atomic E-state index is 0.0262. The molecule has 1 aromatic rings. The number of nitrogens with one attached hydrogen (secondary N) is 2. The zero-order chi connectivity index (χ0) is 15.2. The number of aliphatic hydroxyl groups excluding tert-OH is 1. The molecule has 0 aromatic heterocycles. The first-order valence-corrected chi connectivity index (χ1v) is 7.59. The number of hydrogen-bond donors (Lipinski definition) is 3. The lowest BCUT2D eigenvalue weighted by molar-refractivity contribution is -0.123. The highest BCUT2D eigenvalue weighted by Crippen LogP contribution is 2.31. The van der Waals surface area contributed by atoms with E-state index in [1.54, 1.807) is 18.2 Å². The highest BCUT2D eigenvalue weighted by atomic mass is 35.5. The van der Waals surface area contributed by atoms with Crippen LogP contribution < -0.4 is 15.4 Å². The summed E-state index contributed by atoms with van der Waals surface area (Å²) >= 11 is 11.8. The van der Waals surface area contributed by atoms with E-state index in [1.807, 2.05) is 0 Å². The molecule has 0 aliphatic carbocycles. The quantitative estimate of drug-likeness (QED) is 0.740. The molecule has 1 fully saturated rings. The van der Waals surface area contributed by atoms with Crippen molar-refractivity contribution in [3.63, 3.8) is 0 Å². The maximum absolute atomic E-state index is 11.8. The van der Waals surface area contributed by atoms with Gasteiger partial charge in [-0.2, -0.15) is 0 Å². The molecule has 0 bridgehead atoms. The van der Waals surface area contributed by atoms with Gasteiger partial charge in [0.1, 0.15) is 23.5 Å². The topological polar surface area (TPSA) is 70.6 Å². The van der Waals surface area contributed by atoms with Crippen LogP contribution in [0.1, 0.15) is 12.8 Å². The van der Waals surface area contributed by atoms with Gasteiger partial charge in [0.2, 0.25) is 5.91 Å². The summed E-state index contributed by atoms with van der Waals surface area (Å²) in [6, 6.07) is 4.88. The molecule has 116 valence electrons. The Morgan fingerprint density at radius 2 is 2.33 bits per heavy atom. The van der Waals surface area contributed by atoms with Crippen molar-refractivity contribution in [2.75, 3.05) is 19.7 Å². The lowest BCUT2D eigenvalue weighted by Gasteiger charge is -2.16. The van der Waals surface area contributed by atoms with Crippen molar-refractivity contribution in [3.05, 3.63) is 28.2 Å². The highest BCUT2D eigenvalue weighted by Gasteiger charge is 2.22. The predicted molar refractivity (Wildman–Crippen MR) is 82.0 cm³/mol. The molecule has 7 heteroatoms. The van der Waals surface area contributed by atoms with Crippen LogP contribution in [0.4, 0.5) is 0 Å². The molecule has 2 atom stereocenters. The standard InChI is InChI=1S/C14H18Cl2N2O3/c15-10-3-1-5-12(13(10)16)21-8-9(19)7-18-14(20)11-4-2-6-17-11/h1,3,5,9,11,17,19H,2,4,6-8H2,(H,18,20)/t9-,11-/m0/s1. The van der Waals surface area contributed by atoms with Gasteiger partial charge in [-0.1, -0.05) is 29.3 Å². The Labute approximate surface area is 133 Å². The number of aliphatic hydroxyl groups is 1. The fraction of sp³-hybridized carbons (Fsp3) is 0.500. The van der Waals surface area contributed by atoms with Crippen molar-refractivity contribution in [1.82, 2.24) is 10.6 Å². The third-order valence-electron chi connectivity index (χ3n) is 3.24. The van der Waals surface area contributed by atoms with Crippen LogP contribution in [-0.2, 0) is 4.79 Å². The first-order valence-electron chi connectivity index (χ1n) is 6.84. The minimum atomic E-state index is -0.814. The predicted octanol–water partition coefficient (Wildman–Crippen LogP) is 1.60. The van der Waals surface area contributed by atoms with E-state index in [-0.39, 0.29) is 25.1 Å². The fourth-order valence-electron chi connectivity index (χ4n) is 2.09. The monoisotopic (exact) mass is 332 g/mol. The van der Waals surface area contributed by atoms with Crippen molar-refractivity contribution in [2.24, 2.45) is 0 Å². The number of carbonyl (C=O) groups is 1. The highest BCUT2D eigenvalue weighted by molar-refractivity contribution is 6.42. The second kappa shape index (κ2) is 7.84. The molecule has 2 rings (SSSR count). The summed E-state index contributed by atoms with van der Waals surface area (Å²) in [6.07, 6.45) is 1.01. The van der Waals surface area contributed by atoms with Crippen molar-refractivity contribution >= 4 is 29.1 Å². The van der Waals surface area contributed by atoms with Crippen molar-refractivity contribution in [3.8, 4) is 5.75 Å². The van der Waals surface area contributed by atoms with Crippen LogP contribution in [0.15, 0.2) is 18.2 Å². The molecule has 1 saturated heterocycles. The lowest BCUT2D eigenvalue weighted by atomic mass is 10.2. The van der Waals surface area contributed by atoms with Crippen LogP contribution in [-0.4, -0.2) is 42.9 Å². The minimum Gasteiger partial charge on any atom is -0.489 e. The summed E-state index contributed by atoms with van der Waals surface area (Å²) in [7, 11) is 0. The Morgan fingerprint density at radius 1 is 1.52 bits per heavy atom. The molecule has 5 nitrogen and oxygen atoms in total. The van der Waals surface area contributed by atoms with E-state index >= 15 is 0 Å². The average Bonchev–Trinajstić information content (AvgIpc) is 3.00. The smallest absolute Gasteiger partial charge is 0.237 e. The van der Waals surface area contributed by atoms with Crippen LogP contribution in [0.3, 0.4) is 0 Å². The first kappa shape index (κ1) is 16.4. The van der Waals surface area contributed by atoms with Gasteiger partial charge in [0.25, 0.3) is 0 Å². The summed E-state index contributed by atoms with van der Waals surface area (Å²) in [5, 5.41) is 16.3. The molecular weight excluding hydrogens is 315 g/mol. The summed E-state index contributed by atoms with van der Waals surface area (Å²) in [4.78, 5) is 11.8. The lowest BCUT2D eigenvalue weighted by Crippen LogP contribution is -2.44. The van der Waals surface area contributed by atoms with E-state index in [0.717, 1.165) is 19.4 Å². The average molecular weight is 333 g/mol. The van der Waals surface area contributed by atoms with Crippen LogP contribution >= 0.6 is 23.2 Å². The number of rotatable bonds is 6. The van der Waals surface area contributed by atoms with Gasteiger partial charge in [0, 0.05) is 6.54 Å². The molecule has 1 aromatic carbocycles. The van der Waals surface area contributed by atoms with Crippen LogP contribution in [0.2, 0.25) is 10.0 Å². The van der Waals surface area contributed by atoms with Gasteiger partial charge in [-0.05, 0) is 31.5 Å². The van der Waals surface area contributed by atoms with Gasteiger partial charge in [-0.15, -0.1) is 0 Å². The van der Waals surface area contributed by atoms with Gasteiger partial charge in [0.15, 0.2) is 0 Å². The van der Waals surface area contributed by atoms with Crippen LogP contribution in [0.25, 0.3) is 0 Å². The zero-order valence-corrected chi connectivity index (χ0v) is 13.0. The number of benzene rings is 1. The van der Waals surface area contributed by atoms with E-state index in [2.05, 4.69) is 10.6 Å². The third kappa shape index (κ3) is 4.74. The molecule has 3 N–H and O–H groups in total.